The average Bonchev–Trinajstić information content (AvgIpc) is 1.87. The molecule has 3 N–H and O–H groups in total. The monoisotopic (exact) mass is 131 g/mol. The quantitative estimate of drug-likeness (QED) is 0.549. The highest BCUT2D eigenvalue weighted by atomic mass is 16.3. The number of carbonyl (C=O) groups excluding carboxylic acids is 1. The number of ketones is 1. The van der Waals surface area contributed by atoms with Crippen molar-refractivity contribution in [2.45, 2.75) is 25.8 Å². The second-order valence-electron chi connectivity index (χ2n) is 2.01. The molecule has 3 heteroatoms. The first-order valence-corrected chi connectivity index (χ1v) is 3.11. The van der Waals surface area contributed by atoms with Crippen LogP contribution in [0.4, 0.5) is 0 Å². The fourth-order valence-corrected chi connectivity index (χ4v) is 0.534. The molecule has 0 aliphatic rings. The maximum atomic E-state index is 10.7. The summed E-state index contributed by atoms with van der Waals surface area (Å²) in [4.78, 5) is 10.7. The Kier molecular flexibility index (Phi) is 4.26. The molecular formula is C6H13NO2. The van der Waals surface area contributed by atoms with Crippen LogP contribution in [0, 0.1) is 0 Å². The molecule has 0 aromatic rings. The van der Waals surface area contributed by atoms with Crippen molar-refractivity contribution in [3.05, 3.63) is 0 Å². The Morgan fingerprint density at radius 3 is 2.67 bits per heavy atom. The van der Waals surface area contributed by atoms with E-state index < -0.39 is 6.04 Å². The number of carbonyl (C=O) groups is 1. The predicted molar refractivity (Wildman–Crippen MR) is 35.0 cm³/mol. The van der Waals surface area contributed by atoms with Gasteiger partial charge in [0.1, 0.15) is 0 Å². The lowest BCUT2D eigenvalue weighted by Crippen LogP contribution is -2.33. The highest BCUT2D eigenvalue weighted by Crippen LogP contribution is 1.91. The van der Waals surface area contributed by atoms with Crippen LogP contribution in [0.5, 0.6) is 0 Å². The normalized spacial score (nSPS) is 13.2. The van der Waals surface area contributed by atoms with Crippen LogP contribution < -0.4 is 5.73 Å². The summed E-state index contributed by atoms with van der Waals surface area (Å²) in [6, 6.07) is -0.662. The molecule has 1 atom stereocenters. The third-order valence-corrected chi connectivity index (χ3v) is 1.11. The van der Waals surface area contributed by atoms with Gasteiger partial charge >= 0.3 is 0 Å². The van der Waals surface area contributed by atoms with E-state index in [1.165, 1.54) is 0 Å². The molecule has 0 saturated heterocycles. The van der Waals surface area contributed by atoms with Crippen LogP contribution in [0.25, 0.3) is 0 Å². The molecular weight excluding hydrogens is 118 g/mol. The number of rotatable bonds is 4. The van der Waals surface area contributed by atoms with Crippen LogP contribution >= 0.6 is 0 Å². The second kappa shape index (κ2) is 4.47. The largest absolute Gasteiger partial charge is 0.394 e. The lowest BCUT2D eigenvalue weighted by molar-refractivity contribution is -0.121. The topological polar surface area (TPSA) is 63.3 Å². The third kappa shape index (κ3) is 3.21. The minimum atomic E-state index is -0.662. The zero-order chi connectivity index (χ0) is 7.28. The molecule has 0 saturated carbocycles. The Labute approximate surface area is 54.9 Å². The zero-order valence-electron chi connectivity index (χ0n) is 5.63. The molecule has 0 bridgehead atoms. The molecule has 0 spiro atoms. The second-order valence-corrected chi connectivity index (χ2v) is 2.01. The van der Waals surface area contributed by atoms with Crippen molar-refractivity contribution in [1.29, 1.82) is 0 Å². The van der Waals surface area contributed by atoms with Gasteiger partial charge in [0.25, 0.3) is 0 Å². The van der Waals surface area contributed by atoms with Gasteiger partial charge in [-0.05, 0) is 6.42 Å². The van der Waals surface area contributed by atoms with Crippen molar-refractivity contribution in [2.24, 2.45) is 5.73 Å². The van der Waals surface area contributed by atoms with Crippen molar-refractivity contribution in [1.82, 2.24) is 0 Å². The number of nitrogens with two attached hydrogens (primary N) is 1. The van der Waals surface area contributed by atoms with Gasteiger partial charge in [-0.3, -0.25) is 4.79 Å². The van der Waals surface area contributed by atoms with E-state index in [0.717, 1.165) is 6.42 Å². The molecule has 0 aromatic heterocycles. The lowest BCUT2D eigenvalue weighted by Gasteiger charge is -2.03. The van der Waals surface area contributed by atoms with E-state index in [2.05, 4.69) is 0 Å². The molecule has 0 rings (SSSR count). The van der Waals surface area contributed by atoms with E-state index in [1.54, 1.807) is 0 Å². The molecule has 0 aliphatic heterocycles. The highest BCUT2D eigenvalue weighted by molar-refractivity contribution is 5.83. The Hall–Kier alpha value is -0.410. The number of aliphatic hydroxyl groups excluding tert-OH is 1. The standard InChI is InChI=1S/C6H13NO2/c1-2-3-6(9)5(7)4-8/h5,8H,2-4,7H2,1H3. The summed E-state index contributed by atoms with van der Waals surface area (Å²) >= 11 is 0. The molecule has 0 radical (unpaired) electrons. The maximum Gasteiger partial charge on any atom is 0.151 e. The number of hydrogen-bond acceptors (Lipinski definition) is 3. The Bertz CT molecular complexity index is 93.1. The predicted octanol–water partition coefficient (Wildman–Crippen LogP) is -0.325. The summed E-state index contributed by atoms with van der Waals surface area (Å²) in [6.45, 7) is 1.67. The fourth-order valence-electron chi connectivity index (χ4n) is 0.534. The van der Waals surface area contributed by atoms with Gasteiger partial charge in [-0.1, -0.05) is 6.92 Å². The van der Waals surface area contributed by atoms with Crippen LogP contribution in [0.1, 0.15) is 19.8 Å². The van der Waals surface area contributed by atoms with Crippen LogP contribution in [-0.2, 0) is 4.79 Å². The maximum absolute atomic E-state index is 10.7. The van der Waals surface area contributed by atoms with Crippen molar-refractivity contribution < 1.29 is 9.90 Å². The average molecular weight is 131 g/mol. The van der Waals surface area contributed by atoms with Gasteiger partial charge in [-0.25, -0.2) is 0 Å². The molecule has 0 aliphatic carbocycles. The van der Waals surface area contributed by atoms with E-state index in [0.29, 0.717) is 6.42 Å². The SMILES string of the molecule is CCCC(=O)C(N)CO. The smallest absolute Gasteiger partial charge is 0.151 e. The Balaban J connectivity index is 3.46. The summed E-state index contributed by atoms with van der Waals surface area (Å²) in [5.74, 6) is -0.0556. The van der Waals surface area contributed by atoms with E-state index in [1.807, 2.05) is 6.92 Å². The van der Waals surface area contributed by atoms with Gasteiger partial charge in [-0.15, -0.1) is 0 Å². The van der Waals surface area contributed by atoms with E-state index in [-0.39, 0.29) is 12.4 Å². The van der Waals surface area contributed by atoms with Gasteiger partial charge in [0.2, 0.25) is 0 Å². The van der Waals surface area contributed by atoms with Crippen molar-refractivity contribution in [2.75, 3.05) is 6.61 Å². The summed E-state index contributed by atoms with van der Waals surface area (Å²) in [5, 5.41) is 8.39. The summed E-state index contributed by atoms with van der Waals surface area (Å²) in [6.07, 6.45) is 1.27. The molecule has 54 valence electrons. The van der Waals surface area contributed by atoms with Gasteiger partial charge in [0, 0.05) is 6.42 Å². The number of hydrogen-bond donors (Lipinski definition) is 2. The first kappa shape index (κ1) is 8.59. The third-order valence-electron chi connectivity index (χ3n) is 1.11. The summed E-state index contributed by atoms with van der Waals surface area (Å²) < 4.78 is 0. The number of Topliss-reactive ketones (excluding diaryl/α,β-unsaturated/α-hetero) is 1. The van der Waals surface area contributed by atoms with Crippen molar-refractivity contribution in [3.63, 3.8) is 0 Å². The van der Waals surface area contributed by atoms with Gasteiger partial charge < -0.3 is 10.8 Å². The molecule has 3 nitrogen and oxygen atoms in total. The van der Waals surface area contributed by atoms with Crippen LogP contribution in [-0.4, -0.2) is 23.5 Å². The van der Waals surface area contributed by atoms with E-state index in [4.69, 9.17) is 10.8 Å². The molecule has 0 amide bonds. The lowest BCUT2D eigenvalue weighted by atomic mass is 10.1. The zero-order valence-corrected chi connectivity index (χ0v) is 5.63. The van der Waals surface area contributed by atoms with Crippen LogP contribution in [0.3, 0.4) is 0 Å². The van der Waals surface area contributed by atoms with Crippen LogP contribution in [0.2, 0.25) is 0 Å². The van der Waals surface area contributed by atoms with Gasteiger partial charge in [0.15, 0.2) is 5.78 Å². The van der Waals surface area contributed by atoms with Gasteiger partial charge in [-0.2, -0.15) is 0 Å². The Morgan fingerprint density at radius 2 is 2.33 bits per heavy atom. The fraction of sp³-hybridized carbons (Fsp3) is 0.833. The first-order chi connectivity index (χ1) is 4.22. The van der Waals surface area contributed by atoms with E-state index >= 15 is 0 Å². The van der Waals surface area contributed by atoms with Crippen LogP contribution in [0.15, 0.2) is 0 Å². The molecule has 9 heavy (non-hydrogen) atoms. The molecule has 0 fully saturated rings. The van der Waals surface area contributed by atoms with Gasteiger partial charge in [0.05, 0.1) is 12.6 Å². The van der Waals surface area contributed by atoms with Crippen molar-refractivity contribution >= 4 is 5.78 Å². The molecule has 1 unspecified atom stereocenters. The summed E-state index contributed by atoms with van der Waals surface area (Å²) in [5.41, 5.74) is 5.20. The Morgan fingerprint density at radius 1 is 1.78 bits per heavy atom. The van der Waals surface area contributed by atoms with E-state index in [9.17, 15) is 4.79 Å². The minimum Gasteiger partial charge on any atom is -0.394 e. The summed E-state index contributed by atoms with van der Waals surface area (Å²) in [7, 11) is 0. The number of aliphatic hydroxyl groups is 1. The first-order valence-electron chi connectivity index (χ1n) is 3.11. The molecule has 0 aromatic carbocycles. The van der Waals surface area contributed by atoms with Crippen molar-refractivity contribution in [3.8, 4) is 0 Å². The molecule has 0 heterocycles. The highest BCUT2D eigenvalue weighted by Gasteiger charge is 2.09. The minimum absolute atomic E-state index is 0.0556.